The van der Waals surface area contributed by atoms with Crippen LogP contribution < -0.4 is 0 Å². The number of rotatable bonds is 9. The van der Waals surface area contributed by atoms with E-state index in [1.807, 2.05) is 6.08 Å². The third-order valence-electron chi connectivity index (χ3n) is 11.7. The van der Waals surface area contributed by atoms with E-state index in [1.165, 1.54) is 18.4 Å². The van der Waals surface area contributed by atoms with E-state index >= 15 is 0 Å². The second-order valence-electron chi connectivity index (χ2n) is 13.0. The molecule has 196 valence electrons. The Balaban J connectivity index is 1.93. The second-order valence-corrected chi connectivity index (χ2v) is 13.0. The lowest BCUT2D eigenvalue weighted by molar-refractivity contribution is -0.138. The van der Waals surface area contributed by atoms with Gasteiger partial charge < -0.3 is 10.2 Å². The molecule has 3 rings (SSSR count). The molecule has 3 aliphatic rings. The van der Waals surface area contributed by atoms with Crippen molar-refractivity contribution < 1.29 is 19.8 Å². The topological polar surface area (TPSA) is 74.6 Å². The Hall–Kier alpha value is -1.84. The highest BCUT2D eigenvalue weighted by atomic mass is 16.4. The molecule has 35 heavy (non-hydrogen) atoms. The highest BCUT2D eigenvalue weighted by Crippen LogP contribution is 2.75. The van der Waals surface area contributed by atoms with Crippen LogP contribution in [0.5, 0.6) is 0 Å². The van der Waals surface area contributed by atoms with E-state index < -0.39 is 11.9 Å². The number of fused-ring (bicyclic) bond motifs is 3. The first-order chi connectivity index (χ1) is 16.1. The van der Waals surface area contributed by atoms with Crippen LogP contribution in [0.4, 0.5) is 0 Å². The number of hydrogen-bond acceptors (Lipinski definition) is 2. The molecule has 0 aromatic rings. The zero-order valence-electron chi connectivity index (χ0n) is 23.2. The van der Waals surface area contributed by atoms with E-state index in [2.05, 4.69) is 54.2 Å². The van der Waals surface area contributed by atoms with Gasteiger partial charge in [0, 0.05) is 12.0 Å². The van der Waals surface area contributed by atoms with Crippen molar-refractivity contribution in [3.63, 3.8) is 0 Å². The molecule has 0 saturated heterocycles. The summed E-state index contributed by atoms with van der Waals surface area (Å²) >= 11 is 0. The first-order valence-corrected chi connectivity index (χ1v) is 13.6. The van der Waals surface area contributed by atoms with Gasteiger partial charge in [-0.15, -0.1) is 0 Å². The summed E-state index contributed by atoms with van der Waals surface area (Å²) in [7, 11) is 0. The molecule has 7 atom stereocenters. The Kier molecular flexibility index (Phi) is 7.58. The minimum absolute atomic E-state index is 0.0671. The molecule has 0 heterocycles. The molecular formula is C31H48O4. The van der Waals surface area contributed by atoms with Gasteiger partial charge in [-0.25, -0.2) is 4.79 Å². The fourth-order valence-corrected chi connectivity index (χ4v) is 8.73. The lowest BCUT2D eigenvalue weighted by Gasteiger charge is -2.62. The normalized spacial score (nSPS) is 39.9. The van der Waals surface area contributed by atoms with Crippen molar-refractivity contribution in [3.8, 4) is 0 Å². The van der Waals surface area contributed by atoms with Crippen molar-refractivity contribution in [3.05, 3.63) is 35.5 Å². The maximum absolute atomic E-state index is 11.6. The maximum atomic E-state index is 11.6. The van der Waals surface area contributed by atoms with Gasteiger partial charge in [-0.3, -0.25) is 4.79 Å². The number of aliphatic carboxylic acids is 2. The van der Waals surface area contributed by atoms with Crippen molar-refractivity contribution in [2.45, 2.75) is 106 Å². The van der Waals surface area contributed by atoms with Crippen LogP contribution in [-0.4, -0.2) is 22.2 Å². The van der Waals surface area contributed by atoms with Gasteiger partial charge in [-0.2, -0.15) is 0 Å². The van der Waals surface area contributed by atoms with Gasteiger partial charge in [0.1, 0.15) is 0 Å². The van der Waals surface area contributed by atoms with Crippen molar-refractivity contribution in [1.82, 2.24) is 0 Å². The molecule has 0 radical (unpaired) electrons. The Labute approximate surface area is 213 Å². The fraction of sp³-hybridized carbons (Fsp3) is 0.742. The maximum Gasteiger partial charge on any atom is 0.330 e. The van der Waals surface area contributed by atoms with Crippen LogP contribution in [-0.2, 0) is 9.59 Å². The molecule has 7 unspecified atom stereocenters. The van der Waals surface area contributed by atoms with E-state index in [4.69, 9.17) is 0 Å². The monoisotopic (exact) mass is 484 g/mol. The summed E-state index contributed by atoms with van der Waals surface area (Å²) in [6.45, 7) is 20.3. The molecule has 0 bridgehead atoms. The second kappa shape index (κ2) is 9.56. The minimum Gasteiger partial charge on any atom is -0.481 e. The Morgan fingerprint density at radius 2 is 1.80 bits per heavy atom. The van der Waals surface area contributed by atoms with Crippen LogP contribution in [0, 0.1) is 39.4 Å². The summed E-state index contributed by atoms with van der Waals surface area (Å²) in [6.07, 6.45) is 12.7. The molecule has 0 amide bonds. The van der Waals surface area contributed by atoms with E-state index in [9.17, 15) is 19.8 Å². The summed E-state index contributed by atoms with van der Waals surface area (Å²) in [6, 6.07) is 0. The van der Waals surface area contributed by atoms with Crippen LogP contribution >= 0.6 is 0 Å². The molecule has 2 fully saturated rings. The largest absolute Gasteiger partial charge is 0.481 e. The van der Waals surface area contributed by atoms with E-state index in [0.29, 0.717) is 29.7 Å². The van der Waals surface area contributed by atoms with Crippen molar-refractivity contribution in [2.75, 3.05) is 0 Å². The molecule has 0 aromatic carbocycles. The average Bonchev–Trinajstić information content (AvgIpc) is 3.00. The first kappa shape index (κ1) is 27.7. The van der Waals surface area contributed by atoms with E-state index in [1.54, 1.807) is 12.5 Å². The van der Waals surface area contributed by atoms with E-state index in [0.717, 1.165) is 32.1 Å². The summed E-state index contributed by atoms with van der Waals surface area (Å²) in [5.41, 5.74) is 3.59. The standard InChI is InChI=1S/C31H48O4/c1-20(2)23-12-13-25-24(28(23,5)16-15-26(32)33)14-17-31(8)29(6,18-19-30(25,31)7)22(4)11-9-10-21(3)27(34)35/h10,13,22-24H,1,9,11-12,14-19H2,2-8H3,(H,32,33)(H,34,35). The third kappa shape index (κ3) is 4.33. The quantitative estimate of drug-likeness (QED) is 0.256. The molecule has 2 saturated carbocycles. The molecule has 4 nitrogen and oxygen atoms in total. The van der Waals surface area contributed by atoms with Crippen LogP contribution in [0.1, 0.15) is 106 Å². The van der Waals surface area contributed by atoms with Crippen molar-refractivity contribution in [1.29, 1.82) is 0 Å². The van der Waals surface area contributed by atoms with Crippen LogP contribution in [0.15, 0.2) is 35.5 Å². The molecule has 0 aromatic heterocycles. The van der Waals surface area contributed by atoms with Gasteiger partial charge in [-0.05, 0) is 105 Å². The predicted octanol–water partition coefficient (Wildman–Crippen LogP) is 8.05. The number of hydrogen-bond donors (Lipinski definition) is 2. The summed E-state index contributed by atoms with van der Waals surface area (Å²) in [4.78, 5) is 22.8. The summed E-state index contributed by atoms with van der Waals surface area (Å²) in [5.74, 6) is -0.293. The first-order valence-electron chi connectivity index (χ1n) is 13.6. The van der Waals surface area contributed by atoms with Crippen LogP contribution in [0.3, 0.4) is 0 Å². The molecule has 0 aliphatic heterocycles. The lowest BCUT2D eigenvalue weighted by atomic mass is 9.42. The Morgan fingerprint density at radius 3 is 2.37 bits per heavy atom. The summed E-state index contributed by atoms with van der Waals surface area (Å²) in [5, 5.41) is 18.7. The predicted molar refractivity (Wildman–Crippen MR) is 142 cm³/mol. The van der Waals surface area contributed by atoms with Crippen molar-refractivity contribution >= 4 is 11.9 Å². The number of allylic oxidation sites excluding steroid dienone is 4. The highest BCUT2D eigenvalue weighted by Gasteiger charge is 2.67. The van der Waals surface area contributed by atoms with Gasteiger partial charge in [0.2, 0.25) is 0 Å². The lowest BCUT2D eigenvalue weighted by Crippen LogP contribution is -2.54. The molecule has 2 N–H and O–H groups in total. The number of carbonyl (C=O) groups is 2. The fourth-order valence-electron chi connectivity index (χ4n) is 8.73. The Bertz CT molecular complexity index is 944. The summed E-state index contributed by atoms with van der Waals surface area (Å²) < 4.78 is 0. The molecule has 3 aliphatic carbocycles. The number of carboxylic acids is 2. The van der Waals surface area contributed by atoms with Crippen molar-refractivity contribution in [2.24, 2.45) is 39.4 Å². The molecule has 0 spiro atoms. The molecular weight excluding hydrogens is 436 g/mol. The smallest absolute Gasteiger partial charge is 0.330 e. The van der Waals surface area contributed by atoms with Gasteiger partial charge in [0.25, 0.3) is 0 Å². The highest BCUT2D eigenvalue weighted by molar-refractivity contribution is 5.85. The van der Waals surface area contributed by atoms with Gasteiger partial charge in [0.05, 0.1) is 0 Å². The Morgan fingerprint density at radius 1 is 1.14 bits per heavy atom. The van der Waals surface area contributed by atoms with Crippen LogP contribution in [0.2, 0.25) is 0 Å². The number of carboxylic acid groups (broad SMARTS) is 2. The van der Waals surface area contributed by atoms with E-state index in [-0.39, 0.29) is 28.1 Å². The van der Waals surface area contributed by atoms with Gasteiger partial charge in [-0.1, -0.05) is 64.5 Å². The van der Waals surface area contributed by atoms with Crippen LogP contribution in [0.25, 0.3) is 0 Å². The third-order valence-corrected chi connectivity index (χ3v) is 11.7. The minimum atomic E-state index is -0.828. The van der Waals surface area contributed by atoms with Gasteiger partial charge in [0.15, 0.2) is 0 Å². The zero-order valence-corrected chi connectivity index (χ0v) is 23.2. The average molecular weight is 485 g/mol. The zero-order chi connectivity index (χ0) is 26.4. The molecule has 4 heteroatoms. The van der Waals surface area contributed by atoms with Gasteiger partial charge >= 0.3 is 11.9 Å². The SMILES string of the molecule is C=C(C)C1CC=C2C(CCC3(C)C2(C)CCC3(C)C(C)CCC=C(C)C(=O)O)C1(C)CCC(=O)O.